The summed E-state index contributed by atoms with van der Waals surface area (Å²) >= 11 is 0. The Morgan fingerprint density at radius 3 is 2.39 bits per heavy atom. The molecule has 0 atom stereocenters. The van der Waals surface area contributed by atoms with Crippen molar-refractivity contribution in [2.75, 3.05) is 19.0 Å². The van der Waals surface area contributed by atoms with Gasteiger partial charge in [-0.2, -0.15) is 0 Å². The fourth-order valence-corrected chi connectivity index (χ4v) is 1.82. The summed E-state index contributed by atoms with van der Waals surface area (Å²) < 4.78 is 1.90. The average molecular weight is 244 g/mol. The fourth-order valence-electron chi connectivity index (χ4n) is 1.82. The predicted octanol–water partition coefficient (Wildman–Crippen LogP) is 2.67. The predicted molar refractivity (Wildman–Crippen MR) is 74.6 cm³/mol. The quantitative estimate of drug-likeness (QED) is 0.829. The molecule has 0 N–H and O–H groups in total. The Kier molecular flexibility index (Phi) is 3.65. The van der Waals surface area contributed by atoms with Gasteiger partial charge in [-0.15, -0.1) is 5.10 Å². The third kappa shape index (κ3) is 2.88. The molecular formula is C14H20N4. The van der Waals surface area contributed by atoms with E-state index in [2.05, 4.69) is 53.3 Å². The highest BCUT2D eigenvalue weighted by atomic mass is 15.4. The zero-order valence-corrected chi connectivity index (χ0v) is 11.5. The molecule has 0 spiro atoms. The highest BCUT2D eigenvalue weighted by molar-refractivity contribution is 5.61. The molecule has 0 bridgehead atoms. The Bertz CT molecular complexity index is 497. The molecule has 2 rings (SSSR count). The molecule has 1 heterocycles. The number of aromatic nitrogens is 3. The van der Waals surface area contributed by atoms with Crippen molar-refractivity contribution in [1.82, 2.24) is 15.0 Å². The number of nitrogens with zero attached hydrogens (tertiary/aromatic N) is 4. The lowest BCUT2D eigenvalue weighted by molar-refractivity contribution is 0.472. The first-order chi connectivity index (χ1) is 8.56. The summed E-state index contributed by atoms with van der Waals surface area (Å²) in [4.78, 5) is 2.08. The molecule has 0 aliphatic rings. The summed E-state index contributed by atoms with van der Waals surface area (Å²) in [5.41, 5.74) is 3.23. The Morgan fingerprint density at radius 1 is 1.17 bits per heavy atom. The van der Waals surface area contributed by atoms with Crippen LogP contribution in [0.2, 0.25) is 0 Å². The van der Waals surface area contributed by atoms with Crippen molar-refractivity contribution < 1.29 is 0 Å². The van der Waals surface area contributed by atoms with Gasteiger partial charge in [-0.05, 0) is 18.1 Å². The fraction of sp³-hybridized carbons (Fsp3) is 0.429. The molecule has 0 aliphatic heterocycles. The minimum atomic E-state index is 0.579. The number of hydrogen-bond acceptors (Lipinski definition) is 3. The van der Waals surface area contributed by atoms with Gasteiger partial charge in [0.05, 0.1) is 6.20 Å². The lowest BCUT2D eigenvalue weighted by Gasteiger charge is -2.11. The van der Waals surface area contributed by atoms with Crippen molar-refractivity contribution in [1.29, 1.82) is 0 Å². The van der Waals surface area contributed by atoms with E-state index in [-0.39, 0.29) is 0 Å². The van der Waals surface area contributed by atoms with Crippen LogP contribution in [-0.2, 0) is 6.54 Å². The lowest BCUT2D eigenvalue weighted by atomic mass is 10.1. The van der Waals surface area contributed by atoms with Crippen LogP contribution in [0.4, 0.5) is 5.69 Å². The van der Waals surface area contributed by atoms with E-state index in [0.29, 0.717) is 5.92 Å². The molecule has 0 saturated carbocycles. The molecular weight excluding hydrogens is 224 g/mol. The first-order valence-corrected chi connectivity index (χ1v) is 6.24. The SMILES string of the molecule is CC(C)Cn1cc(-c2ccc(N(C)C)cc2)nn1. The molecule has 0 unspecified atom stereocenters. The number of benzene rings is 1. The molecule has 0 aliphatic carbocycles. The average Bonchev–Trinajstić information content (AvgIpc) is 2.76. The maximum atomic E-state index is 4.21. The number of anilines is 1. The van der Waals surface area contributed by atoms with E-state index in [1.165, 1.54) is 5.69 Å². The molecule has 0 fully saturated rings. The second-order valence-electron chi connectivity index (χ2n) is 5.16. The van der Waals surface area contributed by atoms with Crippen molar-refractivity contribution in [2.24, 2.45) is 5.92 Å². The lowest BCUT2D eigenvalue weighted by Crippen LogP contribution is -2.07. The standard InChI is InChI=1S/C14H20N4/c1-11(2)9-18-10-14(15-16-18)12-5-7-13(8-6-12)17(3)4/h5-8,10-11H,9H2,1-4H3. The van der Waals surface area contributed by atoms with E-state index >= 15 is 0 Å². The van der Waals surface area contributed by atoms with Crippen LogP contribution in [0.5, 0.6) is 0 Å². The van der Waals surface area contributed by atoms with Crippen LogP contribution in [0.15, 0.2) is 30.5 Å². The van der Waals surface area contributed by atoms with E-state index < -0.39 is 0 Å². The monoisotopic (exact) mass is 244 g/mol. The van der Waals surface area contributed by atoms with Gasteiger partial charge in [0.15, 0.2) is 0 Å². The van der Waals surface area contributed by atoms with Crippen LogP contribution in [0.3, 0.4) is 0 Å². The van der Waals surface area contributed by atoms with Crippen LogP contribution in [-0.4, -0.2) is 29.1 Å². The maximum absolute atomic E-state index is 4.21. The van der Waals surface area contributed by atoms with Crippen LogP contribution in [0, 0.1) is 5.92 Å². The minimum absolute atomic E-state index is 0.579. The molecule has 4 heteroatoms. The maximum Gasteiger partial charge on any atom is 0.113 e. The highest BCUT2D eigenvalue weighted by Crippen LogP contribution is 2.20. The largest absolute Gasteiger partial charge is 0.378 e. The normalized spacial score (nSPS) is 10.9. The summed E-state index contributed by atoms with van der Waals surface area (Å²) in [7, 11) is 4.07. The van der Waals surface area contributed by atoms with Crippen molar-refractivity contribution in [3.8, 4) is 11.3 Å². The van der Waals surface area contributed by atoms with E-state index in [9.17, 15) is 0 Å². The Labute approximate surface area is 108 Å². The number of hydrogen-bond donors (Lipinski definition) is 0. The zero-order valence-electron chi connectivity index (χ0n) is 11.5. The minimum Gasteiger partial charge on any atom is -0.378 e. The second-order valence-corrected chi connectivity index (χ2v) is 5.16. The van der Waals surface area contributed by atoms with Gasteiger partial charge in [0.1, 0.15) is 5.69 Å². The van der Waals surface area contributed by atoms with Crippen molar-refractivity contribution in [3.05, 3.63) is 30.5 Å². The Morgan fingerprint density at radius 2 is 1.83 bits per heavy atom. The topological polar surface area (TPSA) is 34.0 Å². The van der Waals surface area contributed by atoms with Crippen LogP contribution >= 0.6 is 0 Å². The third-order valence-electron chi connectivity index (χ3n) is 2.77. The van der Waals surface area contributed by atoms with Gasteiger partial charge in [0.2, 0.25) is 0 Å². The Hall–Kier alpha value is -1.84. The van der Waals surface area contributed by atoms with Crippen LogP contribution in [0.1, 0.15) is 13.8 Å². The van der Waals surface area contributed by atoms with Gasteiger partial charge in [-0.1, -0.05) is 31.2 Å². The second kappa shape index (κ2) is 5.21. The van der Waals surface area contributed by atoms with Crippen molar-refractivity contribution >= 4 is 5.69 Å². The molecule has 18 heavy (non-hydrogen) atoms. The molecule has 0 saturated heterocycles. The Balaban J connectivity index is 2.18. The summed E-state index contributed by atoms with van der Waals surface area (Å²) in [6.07, 6.45) is 2.00. The van der Waals surface area contributed by atoms with Gasteiger partial charge in [0, 0.05) is 31.9 Å². The van der Waals surface area contributed by atoms with E-state index in [1.807, 2.05) is 25.0 Å². The van der Waals surface area contributed by atoms with Gasteiger partial charge in [-0.25, -0.2) is 0 Å². The van der Waals surface area contributed by atoms with Gasteiger partial charge in [0.25, 0.3) is 0 Å². The molecule has 96 valence electrons. The first kappa shape index (κ1) is 12.6. The zero-order chi connectivity index (χ0) is 13.1. The molecule has 4 nitrogen and oxygen atoms in total. The number of rotatable bonds is 4. The molecule has 1 aromatic heterocycles. The van der Waals surface area contributed by atoms with E-state index in [4.69, 9.17) is 0 Å². The third-order valence-corrected chi connectivity index (χ3v) is 2.77. The van der Waals surface area contributed by atoms with Gasteiger partial charge >= 0.3 is 0 Å². The van der Waals surface area contributed by atoms with Crippen LogP contribution < -0.4 is 4.90 Å². The first-order valence-electron chi connectivity index (χ1n) is 6.24. The molecule has 2 aromatic rings. The summed E-state index contributed by atoms with van der Waals surface area (Å²) in [5, 5.41) is 8.36. The molecule has 0 amide bonds. The van der Waals surface area contributed by atoms with E-state index in [1.54, 1.807) is 0 Å². The van der Waals surface area contributed by atoms with Gasteiger partial charge < -0.3 is 4.90 Å². The molecule has 1 aromatic carbocycles. The summed E-state index contributed by atoms with van der Waals surface area (Å²) in [6.45, 7) is 5.25. The summed E-state index contributed by atoms with van der Waals surface area (Å²) in [5.74, 6) is 0.579. The summed E-state index contributed by atoms with van der Waals surface area (Å²) in [6, 6.07) is 8.35. The van der Waals surface area contributed by atoms with Gasteiger partial charge in [-0.3, -0.25) is 4.68 Å². The van der Waals surface area contributed by atoms with Crippen molar-refractivity contribution in [3.63, 3.8) is 0 Å². The molecule has 0 radical (unpaired) electrons. The van der Waals surface area contributed by atoms with Crippen molar-refractivity contribution in [2.45, 2.75) is 20.4 Å². The highest BCUT2D eigenvalue weighted by Gasteiger charge is 2.05. The smallest absolute Gasteiger partial charge is 0.113 e. The van der Waals surface area contributed by atoms with Crippen LogP contribution in [0.25, 0.3) is 11.3 Å². The van der Waals surface area contributed by atoms with E-state index in [0.717, 1.165) is 17.8 Å².